The van der Waals surface area contributed by atoms with Gasteiger partial charge in [0.15, 0.2) is 23.8 Å². The third kappa shape index (κ3) is 4.87. The van der Waals surface area contributed by atoms with Crippen LogP contribution in [-0.2, 0) is 9.53 Å². The predicted octanol–water partition coefficient (Wildman–Crippen LogP) is 3.63. The van der Waals surface area contributed by atoms with E-state index < -0.39 is 18.5 Å². The first-order valence-corrected chi connectivity index (χ1v) is 9.71. The molecule has 1 amide bonds. The standard InChI is InChI=1S/C21H20N2O6S/c1-26-14-7-4-6-13(10-14)22-18(24)11-29-21(25)16-12-30-20(23-16)15-8-5-9-17(27-2)19(15)28-3/h4-10,12H,11H2,1-3H3,(H,22,24). The Labute approximate surface area is 177 Å². The van der Waals surface area contributed by atoms with Crippen molar-refractivity contribution in [2.24, 2.45) is 0 Å². The molecule has 1 heterocycles. The lowest BCUT2D eigenvalue weighted by Gasteiger charge is -2.10. The summed E-state index contributed by atoms with van der Waals surface area (Å²) < 4.78 is 20.9. The molecule has 9 heteroatoms. The minimum Gasteiger partial charge on any atom is -0.497 e. The first-order valence-electron chi connectivity index (χ1n) is 8.83. The van der Waals surface area contributed by atoms with Crippen molar-refractivity contribution in [2.45, 2.75) is 0 Å². The molecule has 3 aromatic rings. The maximum absolute atomic E-state index is 12.3. The third-order valence-electron chi connectivity index (χ3n) is 4.03. The lowest BCUT2D eigenvalue weighted by atomic mass is 10.2. The normalized spacial score (nSPS) is 10.2. The van der Waals surface area contributed by atoms with Crippen LogP contribution in [0, 0.1) is 0 Å². The van der Waals surface area contributed by atoms with Gasteiger partial charge < -0.3 is 24.3 Å². The average Bonchev–Trinajstić information content (AvgIpc) is 3.27. The van der Waals surface area contributed by atoms with Crippen LogP contribution in [0.15, 0.2) is 47.8 Å². The second-order valence-electron chi connectivity index (χ2n) is 5.94. The number of esters is 1. The molecular weight excluding hydrogens is 408 g/mol. The number of benzene rings is 2. The summed E-state index contributed by atoms with van der Waals surface area (Å²) in [6, 6.07) is 12.3. The van der Waals surface area contributed by atoms with E-state index in [9.17, 15) is 9.59 Å². The number of anilines is 1. The molecule has 0 atom stereocenters. The molecule has 0 aliphatic rings. The first-order chi connectivity index (χ1) is 14.5. The molecule has 0 bridgehead atoms. The Hall–Kier alpha value is -3.59. The van der Waals surface area contributed by atoms with Gasteiger partial charge in [-0.3, -0.25) is 4.79 Å². The van der Waals surface area contributed by atoms with Gasteiger partial charge in [0.2, 0.25) is 0 Å². The molecule has 30 heavy (non-hydrogen) atoms. The van der Waals surface area contributed by atoms with Gasteiger partial charge in [0.25, 0.3) is 5.91 Å². The van der Waals surface area contributed by atoms with Crippen molar-refractivity contribution in [3.63, 3.8) is 0 Å². The quantitative estimate of drug-likeness (QED) is 0.547. The summed E-state index contributed by atoms with van der Waals surface area (Å²) in [5.41, 5.74) is 1.34. The highest BCUT2D eigenvalue weighted by molar-refractivity contribution is 7.13. The van der Waals surface area contributed by atoms with Gasteiger partial charge in [0.1, 0.15) is 10.8 Å². The second-order valence-corrected chi connectivity index (χ2v) is 6.79. The van der Waals surface area contributed by atoms with Crippen molar-refractivity contribution >= 4 is 28.9 Å². The molecule has 0 unspecified atom stereocenters. The lowest BCUT2D eigenvalue weighted by Crippen LogP contribution is -2.21. The van der Waals surface area contributed by atoms with Crippen molar-refractivity contribution in [3.8, 4) is 27.8 Å². The van der Waals surface area contributed by atoms with Crippen LogP contribution >= 0.6 is 11.3 Å². The van der Waals surface area contributed by atoms with E-state index in [-0.39, 0.29) is 5.69 Å². The van der Waals surface area contributed by atoms with Crippen LogP contribution in [0.4, 0.5) is 5.69 Å². The molecule has 0 aliphatic heterocycles. The minimum atomic E-state index is -0.694. The smallest absolute Gasteiger partial charge is 0.358 e. The number of carbonyl (C=O) groups is 2. The highest BCUT2D eigenvalue weighted by atomic mass is 32.1. The van der Waals surface area contributed by atoms with E-state index >= 15 is 0 Å². The summed E-state index contributed by atoms with van der Waals surface area (Å²) in [5.74, 6) is 0.518. The number of carbonyl (C=O) groups excluding carboxylic acids is 2. The number of ether oxygens (including phenoxy) is 4. The van der Waals surface area contributed by atoms with Gasteiger partial charge in [-0.1, -0.05) is 12.1 Å². The fourth-order valence-electron chi connectivity index (χ4n) is 2.65. The number of thiazole rings is 1. The fraction of sp³-hybridized carbons (Fsp3) is 0.190. The van der Waals surface area contributed by atoms with Crippen molar-refractivity contribution < 1.29 is 28.5 Å². The van der Waals surface area contributed by atoms with E-state index in [2.05, 4.69) is 10.3 Å². The van der Waals surface area contributed by atoms with E-state index in [0.717, 1.165) is 0 Å². The monoisotopic (exact) mass is 428 g/mol. The molecule has 156 valence electrons. The molecule has 0 radical (unpaired) electrons. The summed E-state index contributed by atoms with van der Waals surface area (Å²) >= 11 is 1.26. The largest absolute Gasteiger partial charge is 0.497 e. The molecule has 2 aromatic carbocycles. The topological polar surface area (TPSA) is 96.0 Å². The van der Waals surface area contributed by atoms with Gasteiger partial charge >= 0.3 is 5.97 Å². The highest BCUT2D eigenvalue weighted by Gasteiger charge is 2.18. The molecule has 0 saturated carbocycles. The molecule has 0 fully saturated rings. The van der Waals surface area contributed by atoms with Gasteiger partial charge in [0.05, 0.1) is 26.9 Å². The zero-order valence-electron chi connectivity index (χ0n) is 16.6. The average molecular weight is 428 g/mol. The summed E-state index contributed by atoms with van der Waals surface area (Å²) in [6.45, 7) is -0.439. The van der Waals surface area contributed by atoms with Crippen LogP contribution < -0.4 is 19.5 Å². The first kappa shape index (κ1) is 21.1. The Bertz CT molecular complexity index is 1050. The van der Waals surface area contributed by atoms with Crippen LogP contribution in [0.25, 0.3) is 10.6 Å². The van der Waals surface area contributed by atoms with Gasteiger partial charge in [-0.15, -0.1) is 11.3 Å². The van der Waals surface area contributed by atoms with Crippen LogP contribution in [0.3, 0.4) is 0 Å². The number of aromatic nitrogens is 1. The van der Waals surface area contributed by atoms with Crippen LogP contribution in [-0.4, -0.2) is 44.8 Å². The SMILES string of the molecule is COc1cccc(NC(=O)COC(=O)c2csc(-c3cccc(OC)c3OC)n2)c1. The molecule has 0 spiro atoms. The van der Waals surface area contributed by atoms with E-state index in [0.29, 0.717) is 33.5 Å². The zero-order chi connectivity index (χ0) is 21.5. The van der Waals surface area contributed by atoms with Gasteiger partial charge in [-0.05, 0) is 24.3 Å². The summed E-state index contributed by atoms with van der Waals surface area (Å²) in [5, 5.41) is 4.77. The number of amides is 1. The summed E-state index contributed by atoms with van der Waals surface area (Å²) in [6.07, 6.45) is 0. The van der Waals surface area contributed by atoms with Crippen molar-refractivity contribution in [2.75, 3.05) is 33.3 Å². The molecular formula is C21H20N2O6S. The van der Waals surface area contributed by atoms with E-state index in [1.807, 2.05) is 6.07 Å². The number of hydrogen-bond donors (Lipinski definition) is 1. The minimum absolute atomic E-state index is 0.106. The zero-order valence-corrected chi connectivity index (χ0v) is 17.4. The molecule has 0 aliphatic carbocycles. The highest BCUT2D eigenvalue weighted by Crippen LogP contribution is 2.39. The number of hydrogen-bond acceptors (Lipinski definition) is 8. The maximum atomic E-state index is 12.3. The number of nitrogens with zero attached hydrogens (tertiary/aromatic N) is 1. The van der Waals surface area contributed by atoms with E-state index in [1.54, 1.807) is 48.9 Å². The molecule has 3 rings (SSSR count). The molecule has 1 N–H and O–H groups in total. The summed E-state index contributed by atoms with van der Waals surface area (Å²) in [4.78, 5) is 28.7. The van der Waals surface area contributed by atoms with Gasteiger partial charge in [0, 0.05) is 17.1 Å². The Morgan fingerprint density at radius 2 is 1.83 bits per heavy atom. The Balaban J connectivity index is 1.63. The Morgan fingerprint density at radius 3 is 2.57 bits per heavy atom. The molecule has 0 saturated heterocycles. The number of methoxy groups -OCH3 is 3. The van der Waals surface area contributed by atoms with Gasteiger partial charge in [-0.2, -0.15) is 0 Å². The van der Waals surface area contributed by atoms with Crippen LogP contribution in [0.2, 0.25) is 0 Å². The summed E-state index contributed by atoms with van der Waals surface area (Å²) in [7, 11) is 4.61. The maximum Gasteiger partial charge on any atom is 0.358 e. The van der Waals surface area contributed by atoms with E-state index in [4.69, 9.17) is 18.9 Å². The van der Waals surface area contributed by atoms with Gasteiger partial charge in [-0.25, -0.2) is 9.78 Å². The lowest BCUT2D eigenvalue weighted by molar-refractivity contribution is -0.119. The third-order valence-corrected chi connectivity index (χ3v) is 4.91. The molecule has 1 aromatic heterocycles. The Kier molecular flexibility index (Phi) is 6.87. The van der Waals surface area contributed by atoms with Crippen LogP contribution in [0.5, 0.6) is 17.2 Å². The van der Waals surface area contributed by atoms with Crippen molar-refractivity contribution in [1.29, 1.82) is 0 Å². The predicted molar refractivity (Wildman–Crippen MR) is 113 cm³/mol. The van der Waals surface area contributed by atoms with Crippen molar-refractivity contribution in [3.05, 3.63) is 53.5 Å². The Morgan fingerprint density at radius 1 is 1.03 bits per heavy atom. The van der Waals surface area contributed by atoms with E-state index in [1.165, 1.54) is 25.6 Å². The number of nitrogens with one attached hydrogen (secondary N) is 1. The molecule has 8 nitrogen and oxygen atoms in total. The number of para-hydroxylation sites is 1. The number of rotatable bonds is 8. The second kappa shape index (κ2) is 9.75. The van der Waals surface area contributed by atoms with Crippen LogP contribution in [0.1, 0.15) is 10.5 Å². The van der Waals surface area contributed by atoms with Crippen molar-refractivity contribution in [1.82, 2.24) is 4.98 Å². The fourth-order valence-corrected chi connectivity index (χ4v) is 3.46.